The third-order valence-corrected chi connectivity index (χ3v) is 2.75. The molecule has 1 aliphatic rings. The van der Waals surface area contributed by atoms with Gasteiger partial charge in [0, 0.05) is 20.2 Å². The maximum Gasteiger partial charge on any atom is 0.107 e. The summed E-state index contributed by atoms with van der Waals surface area (Å²) < 4.78 is 5.31. The summed E-state index contributed by atoms with van der Waals surface area (Å²) in [5.41, 5.74) is 0. The van der Waals surface area contributed by atoms with Gasteiger partial charge in [-0.1, -0.05) is 13.8 Å². The molecule has 0 N–H and O–H groups in total. The van der Waals surface area contributed by atoms with Crippen LogP contribution in [0, 0.1) is 11.8 Å². The van der Waals surface area contributed by atoms with Crippen LogP contribution in [0.1, 0.15) is 27.2 Å². The van der Waals surface area contributed by atoms with Crippen LogP contribution in [0.3, 0.4) is 0 Å². The minimum atomic E-state index is 0.287. The topological polar surface area (TPSA) is 12.5 Å². The largest absolute Gasteiger partial charge is 0.367 e. The Bertz CT molecular complexity index is 128. The van der Waals surface area contributed by atoms with Crippen molar-refractivity contribution in [2.24, 2.45) is 11.8 Å². The predicted molar refractivity (Wildman–Crippen MR) is 51.0 cm³/mol. The first-order chi connectivity index (χ1) is 5.63. The third-order valence-electron chi connectivity index (χ3n) is 2.75. The third kappa shape index (κ3) is 2.46. The summed E-state index contributed by atoms with van der Waals surface area (Å²) in [6.07, 6.45) is 1.66. The summed E-state index contributed by atoms with van der Waals surface area (Å²) in [6.45, 7) is 9.17. The number of ether oxygens (including phenoxy) is 1. The summed E-state index contributed by atoms with van der Waals surface area (Å²) in [5.74, 6) is 1.65. The molecule has 0 aromatic rings. The maximum atomic E-state index is 5.31. The first-order valence-electron chi connectivity index (χ1n) is 4.90. The summed E-state index contributed by atoms with van der Waals surface area (Å²) in [5, 5.41) is 0. The molecule has 0 aromatic heterocycles. The van der Waals surface area contributed by atoms with E-state index in [2.05, 4.69) is 25.7 Å². The quantitative estimate of drug-likeness (QED) is 0.629. The SMILES string of the molecule is COC(C)N1CC(C)CC(C)C1. The highest BCUT2D eigenvalue weighted by Crippen LogP contribution is 2.22. The van der Waals surface area contributed by atoms with Crippen LogP contribution in [0.4, 0.5) is 0 Å². The average molecular weight is 171 g/mol. The Morgan fingerprint density at radius 3 is 2.17 bits per heavy atom. The molecule has 1 rings (SSSR count). The van der Waals surface area contributed by atoms with Crippen LogP contribution in [-0.2, 0) is 4.74 Å². The molecular formula is C10H21NO. The van der Waals surface area contributed by atoms with Crippen LogP contribution in [0.2, 0.25) is 0 Å². The maximum absolute atomic E-state index is 5.31. The lowest BCUT2D eigenvalue weighted by molar-refractivity contribution is -0.0484. The Kier molecular flexibility index (Phi) is 3.53. The smallest absolute Gasteiger partial charge is 0.107 e. The van der Waals surface area contributed by atoms with Crippen LogP contribution in [0.15, 0.2) is 0 Å². The van der Waals surface area contributed by atoms with E-state index >= 15 is 0 Å². The zero-order valence-corrected chi connectivity index (χ0v) is 8.71. The fraction of sp³-hybridized carbons (Fsp3) is 1.00. The van der Waals surface area contributed by atoms with Gasteiger partial charge in [0.15, 0.2) is 0 Å². The van der Waals surface area contributed by atoms with Gasteiger partial charge in [0.25, 0.3) is 0 Å². The van der Waals surface area contributed by atoms with Crippen LogP contribution in [-0.4, -0.2) is 31.3 Å². The second-order valence-electron chi connectivity index (χ2n) is 4.23. The molecule has 2 nitrogen and oxygen atoms in total. The lowest BCUT2D eigenvalue weighted by Crippen LogP contribution is -2.44. The van der Waals surface area contributed by atoms with Crippen molar-refractivity contribution in [3.05, 3.63) is 0 Å². The number of piperidine rings is 1. The molecule has 1 aliphatic heterocycles. The highest BCUT2D eigenvalue weighted by Gasteiger charge is 2.24. The first kappa shape index (κ1) is 10.0. The number of hydrogen-bond acceptors (Lipinski definition) is 2. The van der Waals surface area contributed by atoms with E-state index in [0.717, 1.165) is 11.8 Å². The molecule has 3 atom stereocenters. The van der Waals surface area contributed by atoms with Crippen molar-refractivity contribution in [1.29, 1.82) is 0 Å². The van der Waals surface area contributed by atoms with Crippen molar-refractivity contribution in [1.82, 2.24) is 4.90 Å². The van der Waals surface area contributed by atoms with Gasteiger partial charge in [-0.05, 0) is 25.2 Å². The Morgan fingerprint density at radius 2 is 1.75 bits per heavy atom. The van der Waals surface area contributed by atoms with E-state index in [1.807, 2.05) is 0 Å². The Hall–Kier alpha value is -0.0800. The summed E-state index contributed by atoms with van der Waals surface area (Å²) in [7, 11) is 1.79. The molecule has 0 saturated carbocycles. The Labute approximate surface area is 75.9 Å². The van der Waals surface area contributed by atoms with Crippen LogP contribution >= 0.6 is 0 Å². The zero-order chi connectivity index (χ0) is 9.14. The molecule has 0 aromatic carbocycles. The fourth-order valence-electron chi connectivity index (χ4n) is 2.16. The lowest BCUT2D eigenvalue weighted by Gasteiger charge is -2.37. The molecule has 0 amide bonds. The lowest BCUT2D eigenvalue weighted by atomic mass is 9.92. The second-order valence-corrected chi connectivity index (χ2v) is 4.23. The average Bonchev–Trinajstić information content (AvgIpc) is 2.01. The van der Waals surface area contributed by atoms with E-state index in [1.165, 1.54) is 19.5 Å². The number of nitrogens with zero attached hydrogens (tertiary/aromatic N) is 1. The number of methoxy groups -OCH3 is 1. The van der Waals surface area contributed by atoms with Crippen LogP contribution in [0.25, 0.3) is 0 Å². The van der Waals surface area contributed by atoms with Gasteiger partial charge in [-0.25, -0.2) is 0 Å². The zero-order valence-electron chi connectivity index (χ0n) is 8.71. The predicted octanol–water partition coefficient (Wildman–Crippen LogP) is 1.96. The van der Waals surface area contributed by atoms with Crippen LogP contribution in [0.5, 0.6) is 0 Å². The summed E-state index contributed by atoms with van der Waals surface area (Å²) >= 11 is 0. The number of hydrogen-bond donors (Lipinski definition) is 0. The minimum absolute atomic E-state index is 0.287. The molecule has 0 bridgehead atoms. The Morgan fingerprint density at radius 1 is 1.25 bits per heavy atom. The summed E-state index contributed by atoms with van der Waals surface area (Å²) in [6, 6.07) is 0. The van der Waals surface area contributed by atoms with Crippen molar-refractivity contribution in [3.8, 4) is 0 Å². The van der Waals surface area contributed by atoms with E-state index in [-0.39, 0.29) is 6.23 Å². The standard InChI is InChI=1S/C10H21NO/c1-8-5-9(2)7-11(6-8)10(3)12-4/h8-10H,5-7H2,1-4H3. The van der Waals surface area contributed by atoms with E-state index in [0.29, 0.717) is 0 Å². The van der Waals surface area contributed by atoms with Gasteiger partial charge in [0.2, 0.25) is 0 Å². The van der Waals surface area contributed by atoms with Gasteiger partial charge >= 0.3 is 0 Å². The number of likely N-dealkylation sites (tertiary alicyclic amines) is 1. The van der Waals surface area contributed by atoms with Crippen molar-refractivity contribution < 1.29 is 4.74 Å². The fourth-order valence-corrected chi connectivity index (χ4v) is 2.16. The molecular weight excluding hydrogens is 150 g/mol. The monoisotopic (exact) mass is 171 g/mol. The van der Waals surface area contributed by atoms with E-state index in [1.54, 1.807) is 7.11 Å². The van der Waals surface area contributed by atoms with Crippen molar-refractivity contribution in [3.63, 3.8) is 0 Å². The molecule has 2 heteroatoms. The molecule has 1 heterocycles. The van der Waals surface area contributed by atoms with Gasteiger partial charge in [-0.3, -0.25) is 4.90 Å². The highest BCUT2D eigenvalue weighted by molar-refractivity contribution is 4.75. The molecule has 1 fully saturated rings. The molecule has 0 radical (unpaired) electrons. The van der Waals surface area contributed by atoms with E-state index < -0.39 is 0 Å². The van der Waals surface area contributed by atoms with E-state index in [9.17, 15) is 0 Å². The van der Waals surface area contributed by atoms with Gasteiger partial charge in [-0.15, -0.1) is 0 Å². The van der Waals surface area contributed by atoms with Gasteiger partial charge in [0.05, 0.1) is 0 Å². The normalized spacial score (nSPS) is 35.0. The van der Waals surface area contributed by atoms with Crippen molar-refractivity contribution >= 4 is 0 Å². The molecule has 1 saturated heterocycles. The molecule has 0 aliphatic carbocycles. The van der Waals surface area contributed by atoms with Gasteiger partial charge in [-0.2, -0.15) is 0 Å². The molecule has 0 spiro atoms. The van der Waals surface area contributed by atoms with Crippen molar-refractivity contribution in [2.75, 3.05) is 20.2 Å². The highest BCUT2D eigenvalue weighted by atomic mass is 16.5. The molecule has 72 valence electrons. The van der Waals surface area contributed by atoms with Gasteiger partial charge in [0.1, 0.15) is 6.23 Å². The Balaban J connectivity index is 2.43. The van der Waals surface area contributed by atoms with Crippen LogP contribution < -0.4 is 0 Å². The van der Waals surface area contributed by atoms with Crippen molar-refractivity contribution in [2.45, 2.75) is 33.4 Å². The van der Waals surface area contributed by atoms with Gasteiger partial charge < -0.3 is 4.74 Å². The second kappa shape index (κ2) is 4.24. The number of rotatable bonds is 2. The molecule has 3 unspecified atom stereocenters. The first-order valence-corrected chi connectivity index (χ1v) is 4.90. The summed E-state index contributed by atoms with van der Waals surface area (Å²) in [4.78, 5) is 2.43. The minimum Gasteiger partial charge on any atom is -0.367 e. The van der Waals surface area contributed by atoms with E-state index in [4.69, 9.17) is 4.74 Å². The molecule has 12 heavy (non-hydrogen) atoms.